The lowest BCUT2D eigenvalue weighted by Crippen LogP contribution is -2.20. The molecule has 0 aliphatic heterocycles. The van der Waals surface area contributed by atoms with Crippen molar-refractivity contribution >= 4 is 23.0 Å². The number of benzene rings is 2. The Hall–Kier alpha value is -2.88. The molecule has 27 heavy (non-hydrogen) atoms. The first kappa shape index (κ1) is 18.9. The Kier molecular flexibility index (Phi) is 5.75. The van der Waals surface area contributed by atoms with Crippen LogP contribution in [0.4, 0.5) is 0 Å². The van der Waals surface area contributed by atoms with Gasteiger partial charge < -0.3 is 4.57 Å². The fourth-order valence-corrected chi connectivity index (χ4v) is 3.56. The standard InChI is InChI=1S/C23H27N3O/c1-5-12-26-18(4)21(20-8-6-7-9-22(20)26)15-24-25-23(27)14-19-11-10-16(2)13-17(19)3/h6-11,13,15H,5,12,14H2,1-4H3,(H,25,27)/b24-15+. The maximum absolute atomic E-state index is 12.3. The summed E-state index contributed by atoms with van der Waals surface area (Å²) in [5, 5.41) is 5.39. The molecule has 0 aliphatic carbocycles. The van der Waals surface area contributed by atoms with Gasteiger partial charge in [-0.15, -0.1) is 0 Å². The van der Waals surface area contributed by atoms with Crippen molar-refractivity contribution in [3.05, 3.63) is 70.4 Å². The highest BCUT2D eigenvalue weighted by Gasteiger charge is 2.12. The number of hydrogen-bond donors (Lipinski definition) is 1. The van der Waals surface area contributed by atoms with Crippen molar-refractivity contribution in [1.82, 2.24) is 9.99 Å². The van der Waals surface area contributed by atoms with Crippen LogP contribution in [-0.4, -0.2) is 16.7 Å². The van der Waals surface area contributed by atoms with E-state index in [2.05, 4.69) is 60.1 Å². The Morgan fingerprint density at radius 2 is 1.93 bits per heavy atom. The first-order chi connectivity index (χ1) is 13.0. The highest BCUT2D eigenvalue weighted by atomic mass is 16.2. The molecular formula is C23H27N3O. The minimum atomic E-state index is -0.104. The van der Waals surface area contributed by atoms with Crippen LogP contribution in [0.2, 0.25) is 0 Å². The van der Waals surface area contributed by atoms with E-state index in [4.69, 9.17) is 0 Å². The molecule has 1 N–H and O–H groups in total. The monoisotopic (exact) mass is 361 g/mol. The van der Waals surface area contributed by atoms with Gasteiger partial charge in [-0.05, 0) is 44.4 Å². The molecule has 0 spiro atoms. The van der Waals surface area contributed by atoms with E-state index in [1.165, 1.54) is 16.8 Å². The van der Waals surface area contributed by atoms with Crippen LogP contribution in [0.25, 0.3) is 10.9 Å². The molecule has 3 aromatic rings. The number of rotatable bonds is 6. The normalized spacial score (nSPS) is 11.4. The van der Waals surface area contributed by atoms with Crippen molar-refractivity contribution in [3.63, 3.8) is 0 Å². The van der Waals surface area contributed by atoms with Crippen LogP contribution in [0.5, 0.6) is 0 Å². The smallest absolute Gasteiger partial charge is 0.244 e. The maximum Gasteiger partial charge on any atom is 0.244 e. The summed E-state index contributed by atoms with van der Waals surface area (Å²) in [6.07, 6.45) is 3.17. The van der Waals surface area contributed by atoms with Gasteiger partial charge in [-0.1, -0.05) is 48.9 Å². The van der Waals surface area contributed by atoms with Crippen LogP contribution in [0, 0.1) is 20.8 Å². The first-order valence-electron chi connectivity index (χ1n) is 9.47. The molecule has 0 fully saturated rings. The Morgan fingerprint density at radius 1 is 1.15 bits per heavy atom. The number of nitrogens with zero attached hydrogens (tertiary/aromatic N) is 2. The molecule has 3 rings (SSSR count). The van der Waals surface area contributed by atoms with E-state index < -0.39 is 0 Å². The molecule has 0 saturated heterocycles. The fraction of sp³-hybridized carbons (Fsp3) is 0.304. The van der Waals surface area contributed by atoms with Gasteiger partial charge in [0.15, 0.2) is 0 Å². The molecule has 2 aromatic carbocycles. The third kappa shape index (κ3) is 4.11. The summed E-state index contributed by atoms with van der Waals surface area (Å²) in [4.78, 5) is 12.3. The number of carbonyl (C=O) groups excluding carboxylic acids is 1. The third-order valence-electron chi connectivity index (χ3n) is 4.96. The summed E-state index contributed by atoms with van der Waals surface area (Å²) in [7, 11) is 0. The van der Waals surface area contributed by atoms with Crippen LogP contribution in [-0.2, 0) is 17.8 Å². The van der Waals surface area contributed by atoms with Gasteiger partial charge in [0.2, 0.25) is 5.91 Å². The van der Waals surface area contributed by atoms with Gasteiger partial charge >= 0.3 is 0 Å². The summed E-state index contributed by atoms with van der Waals surface area (Å²) >= 11 is 0. The topological polar surface area (TPSA) is 46.4 Å². The summed E-state index contributed by atoms with van der Waals surface area (Å²) in [6, 6.07) is 14.5. The zero-order chi connectivity index (χ0) is 19.4. The van der Waals surface area contributed by atoms with Gasteiger partial charge in [0.1, 0.15) is 0 Å². The quantitative estimate of drug-likeness (QED) is 0.503. The summed E-state index contributed by atoms with van der Waals surface area (Å²) < 4.78 is 2.31. The maximum atomic E-state index is 12.3. The molecule has 140 valence electrons. The van der Waals surface area contributed by atoms with Gasteiger partial charge in [-0.3, -0.25) is 4.79 Å². The number of aromatic nitrogens is 1. The van der Waals surface area contributed by atoms with Crippen molar-refractivity contribution < 1.29 is 4.79 Å². The molecule has 0 aliphatic rings. The lowest BCUT2D eigenvalue weighted by molar-refractivity contribution is -0.120. The Labute approximate surface area is 160 Å². The molecule has 0 bridgehead atoms. The average Bonchev–Trinajstić information content (AvgIpc) is 2.90. The first-order valence-corrected chi connectivity index (χ1v) is 9.47. The van der Waals surface area contributed by atoms with Gasteiger partial charge in [0.25, 0.3) is 0 Å². The van der Waals surface area contributed by atoms with Crippen LogP contribution in [0.1, 0.15) is 41.3 Å². The molecule has 0 saturated carbocycles. The number of carbonyl (C=O) groups is 1. The van der Waals surface area contributed by atoms with E-state index in [-0.39, 0.29) is 5.91 Å². The van der Waals surface area contributed by atoms with E-state index in [9.17, 15) is 4.79 Å². The van der Waals surface area contributed by atoms with Crippen molar-refractivity contribution in [1.29, 1.82) is 0 Å². The lowest BCUT2D eigenvalue weighted by atomic mass is 10.0. The molecule has 4 heteroatoms. The predicted molar refractivity (Wildman–Crippen MR) is 112 cm³/mol. The zero-order valence-electron chi connectivity index (χ0n) is 16.5. The van der Waals surface area contributed by atoms with E-state index in [0.717, 1.165) is 35.0 Å². The van der Waals surface area contributed by atoms with Gasteiger partial charge in [-0.2, -0.15) is 5.10 Å². The second-order valence-electron chi connectivity index (χ2n) is 7.07. The van der Waals surface area contributed by atoms with E-state index in [0.29, 0.717) is 6.42 Å². The van der Waals surface area contributed by atoms with Gasteiger partial charge in [0.05, 0.1) is 12.6 Å². The number of nitrogens with one attached hydrogen (secondary N) is 1. The molecule has 4 nitrogen and oxygen atoms in total. The fourth-order valence-electron chi connectivity index (χ4n) is 3.56. The van der Waals surface area contributed by atoms with E-state index in [1.54, 1.807) is 6.21 Å². The second-order valence-corrected chi connectivity index (χ2v) is 7.07. The molecule has 1 amide bonds. The van der Waals surface area contributed by atoms with Crippen molar-refractivity contribution in [2.24, 2.45) is 5.10 Å². The second kappa shape index (κ2) is 8.21. The number of para-hydroxylation sites is 1. The van der Waals surface area contributed by atoms with E-state index >= 15 is 0 Å². The molecular weight excluding hydrogens is 334 g/mol. The largest absolute Gasteiger partial charge is 0.344 e. The minimum absolute atomic E-state index is 0.104. The SMILES string of the molecule is CCCn1c(C)c(/C=N/NC(=O)Cc2ccc(C)cc2C)c2ccccc21. The van der Waals surface area contributed by atoms with Crippen LogP contribution in [0.3, 0.4) is 0 Å². The molecule has 1 aromatic heterocycles. The predicted octanol–water partition coefficient (Wildman–Crippen LogP) is 4.67. The number of hydrogen-bond acceptors (Lipinski definition) is 2. The Bertz CT molecular complexity index is 998. The van der Waals surface area contributed by atoms with Gasteiger partial charge in [-0.25, -0.2) is 5.43 Å². The molecule has 1 heterocycles. The minimum Gasteiger partial charge on any atom is -0.344 e. The Morgan fingerprint density at radius 3 is 2.67 bits per heavy atom. The van der Waals surface area contributed by atoms with Crippen LogP contribution in [0.15, 0.2) is 47.6 Å². The number of fused-ring (bicyclic) bond motifs is 1. The average molecular weight is 361 g/mol. The number of hydrazone groups is 1. The van der Waals surface area contributed by atoms with Crippen molar-refractivity contribution in [3.8, 4) is 0 Å². The van der Waals surface area contributed by atoms with Crippen LogP contribution >= 0.6 is 0 Å². The molecule has 0 atom stereocenters. The van der Waals surface area contributed by atoms with E-state index in [1.807, 2.05) is 25.1 Å². The number of aryl methyl sites for hydroxylation is 3. The van der Waals surface area contributed by atoms with Gasteiger partial charge in [0, 0.05) is 28.7 Å². The molecule has 0 unspecified atom stereocenters. The Balaban J connectivity index is 1.76. The summed E-state index contributed by atoms with van der Waals surface area (Å²) in [5.74, 6) is -0.104. The van der Waals surface area contributed by atoms with Crippen LogP contribution < -0.4 is 5.43 Å². The highest BCUT2D eigenvalue weighted by molar-refractivity contribution is 6.01. The lowest BCUT2D eigenvalue weighted by Gasteiger charge is -2.06. The van der Waals surface area contributed by atoms with Crippen molar-refractivity contribution in [2.45, 2.75) is 47.1 Å². The molecule has 0 radical (unpaired) electrons. The summed E-state index contributed by atoms with van der Waals surface area (Å²) in [6.45, 7) is 9.34. The zero-order valence-corrected chi connectivity index (χ0v) is 16.5. The number of amides is 1. The highest BCUT2D eigenvalue weighted by Crippen LogP contribution is 2.24. The summed E-state index contributed by atoms with van der Waals surface area (Å²) in [5.41, 5.74) is 9.48. The van der Waals surface area contributed by atoms with Crippen molar-refractivity contribution in [2.75, 3.05) is 0 Å². The third-order valence-corrected chi connectivity index (χ3v) is 4.96.